The Morgan fingerprint density at radius 2 is 2.50 bits per heavy atom. The first kappa shape index (κ1) is 8.93. The summed E-state index contributed by atoms with van der Waals surface area (Å²) in [5, 5.41) is 8.69. The average Bonchev–Trinajstić information content (AvgIpc) is 2.47. The molecule has 5 nitrogen and oxygen atoms in total. The molecule has 0 aliphatic heterocycles. The Morgan fingerprint density at radius 1 is 1.71 bits per heavy atom. The van der Waals surface area contributed by atoms with Gasteiger partial charge in [-0.25, -0.2) is 9.97 Å². The first-order valence-electron chi connectivity index (χ1n) is 4.50. The number of nitrogen functional groups attached to an aromatic ring is 1. The van der Waals surface area contributed by atoms with E-state index in [2.05, 4.69) is 9.97 Å². The lowest BCUT2D eigenvalue weighted by atomic mass is 10.0. The summed E-state index contributed by atoms with van der Waals surface area (Å²) in [6, 6.07) is 0. The topological polar surface area (TPSA) is 89.1 Å². The van der Waals surface area contributed by atoms with E-state index in [1.807, 2.05) is 0 Å². The highest BCUT2D eigenvalue weighted by Gasteiger charge is 2.26. The van der Waals surface area contributed by atoms with E-state index in [-0.39, 0.29) is 18.3 Å². The first-order chi connectivity index (χ1) is 6.66. The van der Waals surface area contributed by atoms with Crippen molar-refractivity contribution in [1.82, 2.24) is 9.97 Å². The predicted octanol–water partition coefficient (Wildman–Crippen LogP) is 0.563. The van der Waals surface area contributed by atoms with Crippen LogP contribution in [0.2, 0.25) is 0 Å². The van der Waals surface area contributed by atoms with Crippen LogP contribution in [0.3, 0.4) is 0 Å². The minimum Gasteiger partial charge on any atom is -0.481 e. The largest absolute Gasteiger partial charge is 0.481 e. The minimum absolute atomic E-state index is 0.0584. The third kappa shape index (κ3) is 1.53. The normalized spacial score (nSPS) is 19.3. The van der Waals surface area contributed by atoms with Crippen LogP contribution in [0.1, 0.15) is 30.0 Å². The molecule has 2 rings (SSSR count). The molecule has 0 radical (unpaired) electrons. The molecule has 1 aliphatic rings. The smallest absolute Gasteiger partial charge is 0.303 e. The average molecular weight is 193 g/mol. The van der Waals surface area contributed by atoms with Crippen LogP contribution in [-0.4, -0.2) is 21.0 Å². The van der Waals surface area contributed by atoms with Gasteiger partial charge in [0.15, 0.2) is 0 Å². The van der Waals surface area contributed by atoms with Gasteiger partial charge in [0.05, 0.1) is 6.42 Å². The molecule has 1 atom stereocenters. The van der Waals surface area contributed by atoms with E-state index in [1.54, 1.807) is 6.20 Å². The molecule has 0 fully saturated rings. The maximum atomic E-state index is 10.6. The van der Waals surface area contributed by atoms with Gasteiger partial charge < -0.3 is 10.8 Å². The third-order valence-electron chi connectivity index (χ3n) is 2.51. The number of hydrogen-bond acceptors (Lipinski definition) is 4. The summed E-state index contributed by atoms with van der Waals surface area (Å²) in [7, 11) is 0. The Bertz CT molecular complexity index is 378. The third-order valence-corrected chi connectivity index (χ3v) is 2.51. The number of fused-ring (bicyclic) bond motifs is 1. The Kier molecular flexibility index (Phi) is 2.07. The fraction of sp³-hybridized carbons (Fsp3) is 0.444. The Labute approximate surface area is 81.0 Å². The SMILES string of the molecule is Nc1ncc2c(n1)CCC2CC(=O)O. The second-order valence-electron chi connectivity index (χ2n) is 3.46. The van der Waals surface area contributed by atoms with Crippen LogP contribution in [0.15, 0.2) is 6.20 Å². The lowest BCUT2D eigenvalue weighted by molar-refractivity contribution is -0.137. The van der Waals surface area contributed by atoms with E-state index in [0.717, 1.165) is 24.1 Å². The molecular weight excluding hydrogens is 182 g/mol. The van der Waals surface area contributed by atoms with E-state index in [1.165, 1.54) is 0 Å². The van der Waals surface area contributed by atoms with Gasteiger partial charge in [0.1, 0.15) is 0 Å². The molecule has 1 aromatic heterocycles. The molecule has 0 aromatic carbocycles. The van der Waals surface area contributed by atoms with E-state index >= 15 is 0 Å². The zero-order valence-corrected chi connectivity index (χ0v) is 7.60. The van der Waals surface area contributed by atoms with Crippen molar-refractivity contribution in [2.75, 3.05) is 5.73 Å². The number of carboxylic acids is 1. The van der Waals surface area contributed by atoms with Crippen molar-refractivity contribution in [2.45, 2.75) is 25.2 Å². The molecule has 0 bridgehead atoms. The van der Waals surface area contributed by atoms with Gasteiger partial charge >= 0.3 is 5.97 Å². The fourth-order valence-corrected chi connectivity index (χ4v) is 1.87. The maximum absolute atomic E-state index is 10.6. The number of rotatable bonds is 2. The molecular formula is C9H11N3O2. The van der Waals surface area contributed by atoms with Gasteiger partial charge in [0.25, 0.3) is 0 Å². The zero-order valence-electron chi connectivity index (χ0n) is 7.60. The fourth-order valence-electron chi connectivity index (χ4n) is 1.87. The highest BCUT2D eigenvalue weighted by Crippen LogP contribution is 2.33. The molecule has 5 heteroatoms. The quantitative estimate of drug-likeness (QED) is 0.716. The standard InChI is InChI=1S/C9H11N3O2/c10-9-11-4-6-5(3-8(13)14)1-2-7(6)12-9/h4-5H,1-3H2,(H,13,14)(H2,10,11,12). The number of anilines is 1. The van der Waals surface area contributed by atoms with Crippen LogP contribution in [0.4, 0.5) is 5.95 Å². The summed E-state index contributed by atoms with van der Waals surface area (Å²) in [5.74, 6) is -0.456. The van der Waals surface area contributed by atoms with Gasteiger partial charge in [-0.15, -0.1) is 0 Å². The number of aliphatic carboxylic acids is 1. The van der Waals surface area contributed by atoms with Crippen LogP contribution >= 0.6 is 0 Å². The van der Waals surface area contributed by atoms with E-state index in [9.17, 15) is 4.79 Å². The van der Waals surface area contributed by atoms with Gasteiger partial charge in [-0.2, -0.15) is 0 Å². The van der Waals surface area contributed by atoms with E-state index < -0.39 is 5.97 Å². The highest BCUT2D eigenvalue weighted by atomic mass is 16.4. The Hall–Kier alpha value is -1.65. The number of aryl methyl sites for hydroxylation is 1. The molecule has 0 amide bonds. The highest BCUT2D eigenvalue weighted by molar-refractivity contribution is 5.68. The molecule has 14 heavy (non-hydrogen) atoms. The number of hydrogen-bond donors (Lipinski definition) is 2. The summed E-state index contributed by atoms with van der Waals surface area (Å²) in [4.78, 5) is 18.5. The van der Waals surface area contributed by atoms with Gasteiger partial charge in [0.2, 0.25) is 5.95 Å². The summed E-state index contributed by atoms with van der Waals surface area (Å²) < 4.78 is 0. The molecule has 1 aromatic rings. The van der Waals surface area contributed by atoms with Crippen molar-refractivity contribution in [1.29, 1.82) is 0 Å². The second kappa shape index (κ2) is 3.25. The molecule has 0 spiro atoms. The van der Waals surface area contributed by atoms with Gasteiger partial charge in [0, 0.05) is 11.9 Å². The zero-order chi connectivity index (χ0) is 10.1. The van der Waals surface area contributed by atoms with Crippen molar-refractivity contribution in [2.24, 2.45) is 0 Å². The molecule has 1 heterocycles. The number of nitrogens with zero attached hydrogens (tertiary/aromatic N) is 2. The molecule has 74 valence electrons. The Balaban J connectivity index is 2.26. The predicted molar refractivity (Wildman–Crippen MR) is 49.8 cm³/mol. The first-order valence-corrected chi connectivity index (χ1v) is 4.50. The van der Waals surface area contributed by atoms with Crippen LogP contribution in [0, 0.1) is 0 Å². The van der Waals surface area contributed by atoms with E-state index in [4.69, 9.17) is 10.8 Å². The van der Waals surface area contributed by atoms with Gasteiger partial charge in [-0.1, -0.05) is 0 Å². The summed E-state index contributed by atoms with van der Waals surface area (Å²) >= 11 is 0. The minimum atomic E-state index is -0.778. The van der Waals surface area contributed by atoms with Crippen molar-refractivity contribution >= 4 is 11.9 Å². The molecule has 0 saturated carbocycles. The lowest BCUT2D eigenvalue weighted by Gasteiger charge is -2.06. The van der Waals surface area contributed by atoms with Crippen LogP contribution in [0.5, 0.6) is 0 Å². The van der Waals surface area contributed by atoms with Crippen LogP contribution < -0.4 is 5.73 Å². The summed E-state index contributed by atoms with van der Waals surface area (Å²) in [5.41, 5.74) is 7.29. The maximum Gasteiger partial charge on any atom is 0.303 e. The van der Waals surface area contributed by atoms with Gasteiger partial charge in [-0.05, 0) is 24.3 Å². The molecule has 3 N–H and O–H groups in total. The second-order valence-corrected chi connectivity index (χ2v) is 3.46. The lowest BCUT2D eigenvalue weighted by Crippen LogP contribution is -2.04. The van der Waals surface area contributed by atoms with Crippen molar-refractivity contribution in [3.63, 3.8) is 0 Å². The summed E-state index contributed by atoms with van der Waals surface area (Å²) in [6.45, 7) is 0. The van der Waals surface area contributed by atoms with Crippen molar-refractivity contribution in [3.8, 4) is 0 Å². The molecule has 1 aliphatic carbocycles. The molecule has 0 saturated heterocycles. The van der Waals surface area contributed by atoms with Gasteiger partial charge in [-0.3, -0.25) is 4.79 Å². The number of aromatic nitrogens is 2. The monoisotopic (exact) mass is 193 g/mol. The van der Waals surface area contributed by atoms with Crippen LogP contribution in [0.25, 0.3) is 0 Å². The summed E-state index contributed by atoms with van der Waals surface area (Å²) in [6.07, 6.45) is 3.44. The van der Waals surface area contributed by atoms with E-state index in [0.29, 0.717) is 0 Å². The van der Waals surface area contributed by atoms with Crippen molar-refractivity contribution in [3.05, 3.63) is 17.5 Å². The molecule has 1 unspecified atom stereocenters. The number of carbonyl (C=O) groups is 1. The number of carboxylic acid groups (broad SMARTS) is 1. The Morgan fingerprint density at radius 3 is 3.21 bits per heavy atom. The number of nitrogens with two attached hydrogens (primary N) is 1. The van der Waals surface area contributed by atoms with Crippen LogP contribution in [-0.2, 0) is 11.2 Å². The van der Waals surface area contributed by atoms with Crippen molar-refractivity contribution < 1.29 is 9.90 Å².